The van der Waals surface area contributed by atoms with E-state index in [-0.39, 0.29) is 5.56 Å². The molecule has 1 aromatic heterocycles. The third-order valence-electron chi connectivity index (χ3n) is 4.15. The number of ether oxygens (including phenoxy) is 1. The fraction of sp³-hybridized carbons (Fsp3) is 0.100. The molecule has 5 nitrogen and oxygen atoms in total. The van der Waals surface area contributed by atoms with E-state index in [1.807, 2.05) is 0 Å². The van der Waals surface area contributed by atoms with E-state index in [1.54, 1.807) is 42.6 Å². The van der Waals surface area contributed by atoms with Crippen molar-refractivity contribution in [3.05, 3.63) is 82.5 Å². The highest BCUT2D eigenvalue weighted by atomic mass is 35.5. The molecule has 1 aliphatic heterocycles. The van der Waals surface area contributed by atoms with Crippen molar-refractivity contribution in [3.8, 4) is 11.3 Å². The minimum Gasteiger partial charge on any atom is -0.435 e. The third kappa shape index (κ3) is 3.19. The SMILES string of the molecule is CC(=O)OC1N=C(c2ccccc2F)c2cc(Cl)ccc2-c2ncncc21. The van der Waals surface area contributed by atoms with E-state index in [0.29, 0.717) is 33.1 Å². The Morgan fingerprint density at radius 3 is 2.74 bits per heavy atom. The predicted molar refractivity (Wildman–Crippen MR) is 99.0 cm³/mol. The second-order valence-electron chi connectivity index (χ2n) is 5.94. The summed E-state index contributed by atoms with van der Waals surface area (Å²) < 4.78 is 20.0. The summed E-state index contributed by atoms with van der Waals surface area (Å²) in [4.78, 5) is 24.6. The molecule has 0 bridgehead atoms. The Bertz CT molecular complexity index is 1080. The van der Waals surface area contributed by atoms with Crippen molar-refractivity contribution in [1.29, 1.82) is 0 Å². The Balaban J connectivity index is 2.05. The van der Waals surface area contributed by atoms with Gasteiger partial charge in [-0.15, -0.1) is 0 Å². The predicted octanol–water partition coefficient (Wildman–Crippen LogP) is 4.35. The van der Waals surface area contributed by atoms with Gasteiger partial charge in [-0.1, -0.05) is 29.8 Å². The van der Waals surface area contributed by atoms with Crippen molar-refractivity contribution < 1.29 is 13.9 Å². The van der Waals surface area contributed by atoms with Crippen molar-refractivity contribution in [3.63, 3.8) is 0 Å². The van der Waals surface area contributed by atoms with Crippen LogP contribution < -0.4 is 0 Å². The lowest BCUT2D eigenvalue weighted by Crippen LogP contribution is -2.11. The van der Waals surface area contributed by atoms with E-state index >= 15 is 0 Å². The summed E-state index contributed by atoms with van der Waals surface area (Å²) in [5.41, 5.74) is 2.98. The second-order valence-corrected chi connectivity index (χ2v) is 6.37. The zero-order valence-electron chi connectivity index (χ0n) is 14.2. The van der Waals surface area contributed by atoms with Gasteiger partial charge in [0.15, 0.2) is 0 Å². The maximum absolute atomic E-state index is 14.6. The summed E-state index contributed by atoms with van der Waals surface area (Å²) in [6.07, 6.45) is 1.94. The number of hydrogen-bond acceptors (Lipinski definition) is 5. The molecule has 0 aliphatic carbocycles. The summed E-state index contributed by atoms with van der Waals surface area (Å²) in [5.74, 6) is -0.962. The molecule has 27 heavy (non-hydrogen) atoms. The van der Waals surface area contributed by atoms with Gasteiger partial charge in [0.2, 0.25) is 6.23 Å². The van der Waals surface area contributed by atoms with Crippen LogP contribution in [-0.2, 0) is 9.53 Å². The number of aromatic nitrogens is 2. The summed E-state index contributed by atoms with van der Waals surface area (Å²) in [6, 6.07) is 11.5. The molecule has 0 N–H and O–H groups in total. The number of halogens is 2. The maximum Gasteiger partial charge on any atom is 0.304 e. The molecule has 0 spiro atoms. The van der Waals surface area contributed by atoms with Crippen LogP contribution in [0.15, 0.2) is 60.0 Å². The summed E-state index contributed by atoms with van der Waals surface area (Å²) >= 11 is 6.20. The highest BCUT2D eigenvalue weighted by Gasteiger charge is 2.28. The van der Waals surface area contributed by atoms with E-state index in [9.17, 15) is 9.18 Å². The summed E-state index contributed by atoms with van der Waals surface area (Å²) in [7, 11) is 0. The molecule has 134 valence electrons. The van der Waals surface area contributed by atoms with Crippen molar-refractivity contribution >= 4 is 23.3 Å². The van der Waals surface area contributed by atoms with Gasteiger partial charge >= 0.3 is 5.97 Å². The third-order valence-corrected chi connectivity index (χ3v) is 4.39. The van der Waals surface area contributed by atoms with Crippen molar-refractivity contribution in [1.82, 2.24) is 9.97 Å². The van der Waals surface area contributed by atoms with Crippen LogP contribution in [0.3, 0.4) is 0 Å². The van der Waals surface area contributed by atoms with E-state index in [0.717, 1.165) is 0 Å². The normalized spacial score (nSPS) is 15.2. The molecule has 1 atom stereocenters. The largest absolute Gasteiger partial charge is 0.435 e. The summed E-state index contributed by atoms with van der Waals surface area (Å²) in [5, 5.41) is 0.472. The lowest BCUT2D eigenvalue weighted by molar-refractivity contribution is -0.146. The lowest BCUT2D eigenvalue weighted by atomic mass is 9.95. The number of aliphatic imine (C=N–C) groups is 1. The Kier molecular flexibility index (Phi) is 4.41. The maximum atomic E-state index is 14.6. The highest BCUT2D eigenvalue weighted by molar-refractivity contribution is 6.31. The van der Waals surface area contributed by atoms with E-state index < -0.39 is 18.0 Å². The number of benzene rings is 2. The number of fused-ring (bicyclic) bond motifs is 3. The number of rotatable bonds is 2. The number of hydrogen-bond donors (Lipinski definition) is 0. The lowest BCUT2D eigenvalue weighted by Gasteiger charge is -2.14. The second kappa shape index (κ2) is 6.89. The van der Waals surface area contributed by atoms with Gasteiger partial charge in [-0.05, 0) is 24.3 Å². The van der Waals surface area contributed by atoms with Gasteiger partial charge < -0.3 is 4.74 Å². The topological polar surface area (TPSA) is 64.4 Å². The molecule has 1 aliphatic rings. The van der Waals surface area contributed by atoms with Crippen LogP contribution in [0.1, 0.15) is 29.8 Å². The molecule has 0 saturated carbocycles. The van der Waals surface area contributed by atoms with Gasteiger partial charge in [-0.2, -0.15) is 0 Å². The van der Waals surface area contributed by atoms with Gasteiger partial charge in [-0.3, -0.25) is 4.79 Å². The van der Waals surface area contributed by atoms with E-state index in [4.69, 9.17) is 16.3 Å². The first-order valence-corrected chi connectivity index (χ1v) is 8.52. The molecule has 0 amide bonds. The average molecular weight is 382 g/mol. The monoisotopic (exact) mass is 381 g/mol. The summed E-state index contributed by atoms with van der Waals surface area (Å²) in [6.45, 7) is 1.29. The number of carbonyl (C=O) groups is 1. The molecule has 2 aromatic carbocycles. The number of esters is 1. The minimum absolute atomic E-state index is 0.277. The van der Waals surface area contributed by atoms with Gasteiger partial charge in [0.05, 0.1) is 17.0 Å². The molecule has 1 unspecified atom stereocenters. The van der Waals surface area contributed by atoms with Gasteiger partial charge in [0.1, 0.15) is 12.1 Å². The van der Waals surface area contributed by atoms with Crippen molar-refractivity contribution in [2.45, 2.75) is 13.2 Å². The van der Waals surface area contributed by atoms with Crippen LogP contribution in [0.25, 0.3) is 11.3 Å². The van der Waals surface area contributed by atoms with E-state index in [1.165, 1.54) is 19.3 Å². The van der Waals surface area contributed by atoms with Crippen LogP contribution in [0.4, 0.5) is 4.39 Å². The quantitative estimate of drug-likeness (QED) is 0.619. The van der Waals surface area contributed by atoms with Crippen molar-refractivity contribution in [2.75, 3.05) is 0 Å². The standard InChI is InChI=1S/C20H13ClFN3O2/c1-11(26)27-20-16-9-23-10-24-18(16)13-7-6-12(21)8-15(13)19(25-20)14-4-2-3-5-17(14)22/h2-10,20H,1H3. The molecule has 0 fully saturated rings. The van der Waals surface area contributed by atoms with Crippen molar-refractivity contribution in [2.24, 2.45) is 4.99 Å². The van der Waals surface area contributed by atoms with Crippen LogP contribution in [0, 0.1) is 5.82 Å². The van der Waals surface area contributed by atoms with Crippen LogP contribution in [-0.4, -0.2) is 21.6 Å². The molecular formula is C20H13ClFN3O2. The van der Waals surface area contributed by atoms with E-state index in [2.05, 4.69) is 15.0 Å². The Labute approximate surface area is 159 Å². The highest BCUT2D eigenvalue weighted by Crippen LogP contribution is 2.37. The number of nitrogens with zero attached hydrogens (tertiary/aromatic N) is 3. The zero-order valence-corrected chi connectivity index (χ0v) is 14.9. The molecule has 3 aromatic rings. The Morgan fingerprint density at radius 2 is 1.96 bits per heavy atom. The van der Waals surface area contributed by atoms with Gasteiger partial charge in [0.25, 0.3) is 0 Å². The average Bonchev–Trinajstić information content (AvgIpc) is 2.77. The smallest absolute Gasteiger partial charge is 0.304 e. The van der Waals surface area contributed by atoms with Gasteiger partial charge in [-0.25, -0.2) is 19.4 Å². The Hall–Kier alpha value is -3.12. The van der Waals surface area contributed by atoms with Crippen LogP contribution in [0.2, 0.25) is 5.02 Å². The van der Waals surface area contributed by atoms with Gasteiger partial charge in [0, 0.05) is 34.8 Å². The van der Waals surface area contributed by atoms with Crippen LogP contribution in [0.5, 0.6) is 0 Å². The molecule has 4 rings (SSSR count). The first-order valence-electron chi connectivity index (χ1n) is 8.14. The molecule has 0 radical (unpaired) electrons. The number of carbonyl (C=O) groups excluding carboxylic acids is 1. The minimum atomic E-state index is -1.00. The van der Waals surface area contributed by atoms with Crippen LogP contribution >= 0.6 is 11.6 Å². The Morgan fingerprint density at radius 1 is 1.15 bits per heavy atom. The zero-order chi connectivity index (χ0) is 19.0. The first-order chi connectivity index (χ1) is 13.0. The molecule has 7 heteroatoms. The molecule has 2 heterocycles. The molecular weight excluding hydrogens is 369 g/mol. The fourth-order valence-corrected chi connectivity index (χ4v) is 3.21. The fourth-order valence-electron chi connectivity index (χ4n) is 3.04. The first kappa shape index (κ1) is 17.3. The molecule has 0 saturated heterocycles.